The lowest BCUT2D eigenvalue weighted by Gasteiger charge is -2.14. The van der Waals surface area contributed by atoms with E-state index in [9.17, 15) is 26.8 Å². The molecule has 0 aliphatic carbocycles. The van der Waals surface area contributed by atoms with Crippen molar-refractivity contribution in [2.24, 2.45) is 0 Å². The molecule has 0 aliphatic heterocycles. The minimum absolute atomic E-state index is 0.0294. The van der Waals surface area contributed by atoms with E-state index in [-0.39, 0.29) is 4.90 Å². The highest BCUT2D eigenvalue weighted by atomic mass is 32.2. The lowest BCUT2D eigenvalue weighted by atomic mass is 10.2. The molecule has 0 spiro atoms. The topological polar surface area (TPSA) is 102 Å². The number of carbonyl (C=O) groups is 2. The number of aryl methyl sites for hydroxylation is 1. The summed E-state index contributed by atoms with van der Waals surface area (Å²) in [6.45, 7) is 2.30. The molecule has 1 atom stereocenters. The number of rotatable bonds is 7. The smallest absolute Gasteiger partial charge is 0.321 e. The summed E-state index contributed by atoms with van der Waals surface area (Å²) in [6.07, 6.45) is -1.36. The zero-order valence-corrected chi connectivity index (χ0v) is 15.8. The van der Waals surface area contributed by atoms with E-state index in [2.05, 4.69) is 10.0 Å². The highest BCUT2D eigenvalue weighted by Gasteiger charge is 2.21. The van der Waals surface area contributed by atoms with E-state index < -0.39 is 51.9 Å². The van der Waals surface area contributed by atoms with Gasteiger partial charge in [-0.15, -0.1) is 0 Å². The molecule has 0 radical (unpaired) electrons. The van der Waals surface area contributed by atoms with Crippen molar-refractivity contribution in [3.63, 3.8) is 0 Å². The molecule has 10 heteroatoms. The first-order valence-electron chi connectivity index (χ1n) is 8.10. The van der Waals surface area contributed by atoms with Gasteiger partial charge in [0.15, 0.2) is 6.10 Å². The van der Waals surface area contributed by atoms with E-state index in [0.29, 0.717) is 0 Å². The molecule has 150 valence electrons. The number of esters is 1. The van der Waals surface area contributed by atoms with Crippen LogP contribution >= 0.6 is 0 Å². The Hall–Kier alpha value is -2.85. The number of hydrogen-bond acceptors (Lipinski definition) is 5. The molecule has 0 saturated carbocycles. The number of nitrogens with one attached hydrogen (secondary N) is 2. The minimum atomic E-state index is -3.93. The van der Waals surface area contributed by atoms with Crippen molar-refractivity contribution in [1.82, 2.24) is 4.72 Å². The molecule has 0 heterocycles. The summed E-state index contributed by atoms with van der Waals surface area (Å²) in [5, 5.41) is 2.09. The van der Waals surface area contributed by atoms with Crippen LogP contribution in [0, 0.1) is 18.6 Å². The van der Waals surface area contributed by atoms with Gasteiger partial charge in [0, 0.05) is 6.07 Å². The first-order chi connectivity index (χ1) is 13.1. The van der Waals surface area contributed by atoms with Crippen molar-refractivity contribution in [3.8, 4) is 0 Å². The van der Waals surface area contributed by atoms with Crippen LogP contribution in [0.1, 0.15) is 12.5 Å². The molecule has 28 heavy (non-hydrogen) atoms. The average molecular weight is 412 g/mol. The summed E-state index contributed by atoms with van der Waals surface area (Å²) in [4.78, 5) is 23.7. The van der Waals surface area contributed by atoms with E-state index >= 15 is 0 Å². The largest absolute Gasteiger partial charge is 0.452 e. The Labute approximate surface area is 160 Å². The number of amides is 1. The third-order valence-corrected chi connectivity index (χ3v) is 5.02. The van der Waals surface area contributed by atoms with Gasteiger partial charge >= 0.3 is 5.97 Å². The zero-order chi connectivity index (χ0) is 20.9. The van der Waals surface area contributed by atoms with E-state index in [0.717, 1.165) is 23.8 Å². The molecule has 0 bridgehead atoms. The Morgan fingerprint density at radius 2 is 1.75 bits per heavy atom. The molecular formula is C18H18F2N2O5S. The summed E-state index contributed by atoms with van der Waals surface area (Å²) in [5.74, 6) is -3.54. The molecule has 2 N–H and O–H groups in total. The molecule has 1 amide bonds. The van der Waals surface area contributed by atoms with Crippen LogP contribution < -0.4 is 10.0 Å². The Balaban J connectivity index is 1.90. The van der Waals surface area contributed by atoms with Crippen LogP contribution in [0.25, 0.3) is 0 Å². The van der Waals surface area contributed by atoms with E-state index in [1.54, 1.807) is 19.1 Å². The number of anilines is 1. The summed E-state index contributed by atoms with van der Waals surface area (Å²) < 4.78 is 57.7. The highest BCUT2D eigenvalue weighted by molar-refractivity contribution is 7.89. The standard InChI is InChI=1S/C18H18F2N2O5S/c1-11-3-6-14(7-4-11)28(25,26)21-10-17(23)27-12(2)18(24)22-16-9-13(19)5-8-15(16)20/h3-9,12,21H,10H2,1-2H3,(H,22,24). The number of ether oxygens (including phenoxy) is 1. The Kier molecular flexibility index (Phi) is 6.81. The molecule has 0 fully saturated rings. The van der Waals surface area contributed by atoms with Gasteiger partial charge in [0.25, 0.3) is 5.91 Å². The van der Waals surface area contributed by atoms with Crippen LogP contribution in [0.15, 0.2) is 47.4 Å². The maximum atomic E-state index is 13.5. The van der Waals surface area contributed by atoms with Crippen molar-refractivity contribution in [3.05, 3.63) is 59.7 Å². The van der Waals surface area contributed by atoms with Crippen molar-refractivity contribution >= 4 is 27.6 Å². The number of benzene rings is 2. The van der Waals surface area contributed by atoms with E-state index in [4.69, 9.17) is 4.74 Å². The third-order valence-electron chi connectivity index (χ3n) is 3.60. The zero-order valence-electron chi connectivity index (χ0n) is 15.0. The van der Waals surface area contributed by atoms with Gasteiger partial charge in [-0.2, -0.15) is 4.72 Å². The van der Waals surface area contributed by atoms with Gasteiger partial charge in [0.2, 0.25) is 10.0 Å². The lowest BCUT2D eigenvalue weighted by Crippen LogP contribution is -2.36. The predicted molar refractivity (Wildman–Crippen MR) is 96.9 cm³/mol. The van der Waals surface area contributed by atoms with Crippen molar-refractivity contribution in [2.75, 3.05) is 11.9 Å². The van der Waals surface area contributed by atoms with Crippen LogP contribution in [0.4, 0.5) is 14.5 Å². The number of carbonyl (C=O) groups excluding carboxylic acids is 2. The molecule has 2 aromatic rings. The molecule has 0 saturated heterocycles. The minimum Gasteiger partial charge on any atom is -0.452 e. The van der Waals surface area contributed by atoms with Gasteiger partial charge in [0.05, 0.1) is 10.6 Å². The van der Waals surface area contributed by atoms with Crippen LogP contribution in [-0.4, -0.2) is 32.9 Å². The second-order valence-electron chi connectivity index (χ2n) is 5.88. The second kappa shape index (κ2) is 8.89. The average Bonchev–Trinajstić information content (AvgIpc) is 2.63. The quantitative estimate of drug-likeness (QED) is 0.679. The Morgan fingerprint density at radius 1 is 1.11 bits per heavy atom. The SMILES string of the molecule is Cc1ccc(S(=O)(=O)NCC(=O)OC(C)C(=O)Nc2cc(F)ccc2F)cc1. The fraction of sp³-hybridized carbons (Fsp3) is 0.222. The van der Waals surface area contributed by atoms with E-state index in [1.807, 2.05) is 0 Å². The fourth-order valence-electron chi connectivity index (χ4n) is 2.07. The van der Waals surface area contributed by atoms with Gasteiger partial charge in [-0.3, -0.25) is 9.59 Å². The monoisotopic (exact) mass is 412 g/mol. The molecule has 2 rings (SSSR count). The number of sulfonamides is 1. The molecule has 2 aromatic carbocycles. The maximum Gasteiger partial charge on any atom is 0.321 e. The summed E-state index contributed by atoms with van der Waals surface area (Å²) in [7, 11) is -3.93. The highest BCUT2D eigenvalue weighted by Crippen LogP contribution is 2.16. The van der Waals surface area contributed by atoms with Crippen molar-refractivity contribution in [2.45, 2.75) is 24.8 Å². The number of hydrogen-bond donors (Lipinski definition) is 2. The van der Waals surface area contributed by atoms with Crippen molar-refractivity contribution < 1.29 is 31.5 Å². The maximum absolute atomic E-state index is 13.5. The third kappa shape index (κ3) is 5.83. The van der Waals surface area contributed by atoms with Gasteiger partial charge in [-0.25, -0.2) is 17.2 Å². The van der Waals surface area contributed by atoms with Gasteiger partial charge in [0.1, 0.15) is 18.2 Å². The molecule has 1 unspecified atom stereocenters. The van der Waals surface area contributed by atoms with Crippen LogP contribution in [0.3, 0.4) is 0 Å². The normalized spacial score (nSPS) is 12.3. The predicted octanol–water partition coefficient (Wildman–Crippen LogP) is 2.12. The Bertz CT molecular complexity index is 978. The summed E-state index contributed by atoms with van der Waals surface area (Å²) in [5.41, 5.74) is 0.459. The molecule has 7 nitrogen and oxygen atoms in total. The van der Waals surface area contributed by atoms with Gasteiger partial charge < -0.3 is 10.1 Å². The van der Waals surface area contributed by atoms with Gasteiger partial charge in [-0.05, 0) is 38.1 Å². The van der Waals surface area contributed by atoms with Crippen LogP contribution in [-0.2, 0) is 24.3 Å². The summed E-state index contributed by atoms with van der Waals surface area (Å²) >= 11 is 0. The van der Waals surface area contributed by atoms with Gasteiger partial charge in [-0.1, -0.05) is 17.7 Å². The molecular weight excluding hydrogens is 394 g/mol. The Morgan fingerprint density at radius 3 is 2.39 bits per heavy atom. The summed E-state index contributed by atoms with van der Waals surface area (Å²) in [6, 6.07) is 8.46. The second-order valence-corrected chi connectivity index (χ2v) is 7.65. The first kappa shape index (κ1) is 21.5. The molecule has 0 aliphatic rings. The van der Waals surface area contributed by atoms with Crippen LogP contribution in [0.5, 0.6) is 0 Å². The fourth-order valence-corrected chi connectivity index (χ4v) is 3.04. The lowest BCUT2D eigenvalue weighted by molar-refractivity contribution is -0.151. The van der Waals surface area contributed by atoms with Crippen molar-refractivity contribution in [1.29, 1.82) is 0 Å². The van der Waals surface area contributed by atoms with Crippen LogP contribution in [0.2, 0.25) is 0 Å². The number of halogens is 2. The molecule has 0 aromatic heterocycles. The first-order valence-corrected chi connectivity index (χ1v) is 9.58. The van der Waals surface area contributed by atoms with E-state index in [1.165, 1.54) is 19.1 Å².